The van der Waals surface area contributed by atoms with Crippen molar-refractivity contribution in [2.75, 3.05) is 32.7 Å². The number of nitrogens with two attached hydrogens (primary N) is 1. The minimum Gasteiger partial charge on any atom is -0.342 e. The number of amides is 1. The molecule has 4 heteroatoms. The molecule has 2 atom stereocenters. The van der Waals surface area contributed by atoms with Crippen molar-refractivity contribution in [1.29, 1.82) is 0 Å². The average molecular weight is 267 g/mol. The third-order valence-electron chi connectivity index (χ3n) is 4.74. The quantitative estimate of drug-likeness (QED) is 0.842. The fourth-order valence-corrected chi connectivity index (χ4v) is 3.27. The Morgan fingerprint density at radius 1 is 1.16 bits per heavy atom. The molecule has 2 fully saturated rings. The van der Waals surface area contributed by atoms with Crippen LogP contribution in [0.15, 0.2) is 0 Å². The van der Waals surface area contributed by atoms with Gasteiger partial charge in [-0.25, -0.2) is 0 Å². The normalized spacial score (nSPS) is 30.1. The highest BCUT2D eigenvalue weighted by atomic mass is 16.2. The van der Waals surface area contributed by atoms with Crippen molar-refractivity contribution in [3.63, 3.8) is 0 Å². The molecule has 0 aromatic rings. The number of likely N-dealkylation sites (tertiary alicyclic amines) is 2. The number of carbonyl (C=O) groups excluding carboxylic acids is 1. The van der Waals surface area contributed by atoms with E-state index in [0.717, 1.165) is 26.2 Å². The van der Waals surface area contributed by atoms with Crippen molar-refractivity contribution in [3.8, 4) is 0 Å². The number of rotatable bonds is 3. The van der Waals surface area contributed by atoms with Gasteiger partial charge in [0, 0.05) is 25.7 Å². The topological polar surface area (TPSA) is 49.6 Å². The summed E-state index contributed by atoms with van der Waals surface area (Å²) in [4.78, 5) is 16.8. The van der Waals surface area contributed by atoms with E-state index >= 15 is 0 Å². The summed E-state index contributed by atoms with van der Waals surface area (Å²) in [5.74, 6) is 0.902. The van der Waals surface area contributed by atoms with Gasteiger partial charge < -0.3 is 10.6 Å². The number of hydrogen-bond acceptors (Lipinski definition) is 3. The first kappa shape index (κ1) is 14.8. The fourth-order valence-electron chi connectivity index (χ4n) is 3.27. The van der Waals surface area contributed by atoms with E-state index in [1.54, 1.807) is 0 Å². The zero-order valence-electron chi connectivity index (χ0n) is 12.3. The molecule has 0 bridgehead atoms. The molecule has 2 saturated heterocycles. The van der Waals surface area contributed by atoms with E-state index in [-0.39, 0.29) is 0 Å². The van der Waals surface area contributed by atoms with Gasteiger partial charge in [0.15, 0.2) is 0 Å². The molecule has 2 aliphatic rings. The molecule has 2 aliphatic heterocycles. The van der Waals surface area contributed by atoms with Gasteiger partial charge in [-0.2, -0.15) is 0 Å². The molecule has 2 unspecified atom stereocenters. The molecular formula is C15H29N3O. The van der Waals surface area contributed by atoms with E-state index < -0.39 is 0 Å². The van der Waals surface area contributed by atoms with E-state index in [4.69, 9.17) is 5.73 Å². The monoisotopic (exact) mass is 267 g/mol. The van der Waals surface area contributed by atoms with Gasteiger partial charge in [0.05, 0.1) is 6.54 Å². The Hall–Kier alpha value is -0.610. The molecule has 1 amide bonds. The van der Waals surface area contributed by atoms with Gasteiger partial charge in [-0.05, 0) is 45.1 Å². The van der Waals surface area contributed by atoms with Crippen molar-refractivity contribution in [2.45, 2.75) is 51.5 Å². The molecular weight excluding hydrogens is 238 g/mol. The number of hydrogen-bond donors (Lipinski definition) is 1. The van der Waals surface area contributed by atoms with E-state index in [0.29, 0.717) is 24.4 Å². The van der Waals surface area contributed by atoms with Gasteiger partial charge in [0.25, 0.3) is 0 Å². The van der Waals surface area contributed by atoms with Crippen molar-refractivity contribution in [2.24, 2.45) is 11.7 Å². The molecule has 110 valence electrons. The largest absolute Gasteiger partial charge is 0.342 e. The number of nitrogens with zero attached hydrogens (tertiary/aromatic N) is 2. The highest BCUT2D eigenvalue weighted by Gasteiger charge is 2.27. The summed E-state index contributed by atoms with van der Waals surface area (Å²) in [6.07, 6.45) is 7.29. The highest BCUT2D eigenvalue weighted by Crippen LogP contribution is 2.21. The van der Waals surface area contributed by atoms with Crippen LogP contribution >= 0.6 is 0 Å². The lowest BCUT2D eigenvalue weighted by atomic mass is 9.93. The van der Waals surface area contributed by atoms with Crippen molar-refractivity contribution in [1.82, 2.24) is 9.80 Å². The van der Waals surface area contributed by atoms with Crippen LogP contribution in [-0.4, -0.2) is 54.5 Å². The lowest BCUT2D eigenvalue weighted by Crippen LogP contribution is -2.49. The second kappa shape index (κ2) is 7.25. The Morgan fingerprint density at radius 2 is 1.84 bits per heavy atom. The molecule has 2 heterocycles. The van der Waals surface area contributed by atoms with Crippen LogP contribution in [0.2, 0.25) is 0 Å². The second-order valence-electron chi connectivity index (χ2n) is 6.25. The Bertz CT molecular complexity index is 287. The third kappa shape index (κ3) is 4.18. The van der Waals surface area contributed by atoms with E-state index in [1.807, 2.05) is 0 Å². The van der Waals surface area contributed by atoms with Crippen LogP contribution in [0.3, 0.4) is 0 Å². The first-order valence-corrected chi connectivity index (χ1v) is 7.92. The molecule has 0 spiro atoms. The molecule has 4 nitrogen and oxygen atoms in total. The zero-order chi connectivity index (χ0) is 13.7. The van der Waals surface area contributed by atoms with Gasteiger partial charge >= 0.3 is 0 Å². The van der Waals surface area contributed by atoms with Crippen LogP contribution in [0.4, 0.5) is 0 Å². The van der Waals surface area contributed by atoms with Crippen molar-refractivity contribution < 1.29 is 4.79 Å². The van der Waals surface area contributed by atoms with Crippen LogP contribution in [0.25, 0.3) is 0 Å². The number of carbonyl (C=O) groups is 1. The molecule has 0 aromatic heterocycles. The summed E-state index contributed by atoms with van der Waals surface area (Å²) < 4.78 is 0. The molecule has 19 heavy (non-hydrogen) atoms. The van der Waals surface area contributed by atoms with Gasteiger partial charge in [0.2, 0.25) is 5.91 Å². The molecule has 2 N–H and O–H groups in total. The van der Waals surface area contributed by atoms with Crippen LogP contribution in [-0.2, 0) is 4.79 Å². The van der Waals surface area contributed by atoms with E-state index in [9.17, 15) is 4.79 Å². The summed E-state index contributed by atoms with van der Waals surface area (Å²) >= 11 is 0. The maximum absolute atomic E-state index is 12.4. The van der Waals surface area contributed by atoms with E-state index in [2.05, 4.69) is 16.7 Å². The zero-order valence-corrected chi connectivity index (χ0v) is 12.3. The lowest BCUT2D eigenvalue weighted by molar-refractivity contribution is -0.133. The summed E-state index contributed by atoms with van der Waals surface area (Å²) in [7, 11) is 0. The Morgan fingerprint density at radius 3 is 2.47 bits per heavy atom. The summed E-state index contributed by atoms with van der Waals surface area (Å²) in [5.41, 5.74) is 5.78. The first-order chi connectivity index (χ1) is 9.20. The third-order valence-corrected chi connectivity index (χ3v) is 4.74. The number of piperidine rings is 1. The average Bonchev–Trinajstić information content (AvgIpc) is 2.70. The molecule has 0 aliphatic carbocycles. The fraction of sp³-hybridized carbons (Fsp3) is 0.933. The maximum Gasteiger partial charge on any atom is 0.236 e. The molecule has 0 aromatic carbocycles. The van der Waals surface area contributed by atoms with Crippen molar-refractivity contribution >= 4 is 5.91 Å². The summed E-state index contributed by atoms with van der Waals surface area (Å²) in [6.45, 7) is 6.50. The SMILES string of the molecule is CC1CCC(CN)CN1CC(=O)N1CCCCCC1. The van der Waals surface area contributed by atoms with Crippen LogP contribution in [0.1, 0.15) is 45.4 Å². The highest BCUT2D eigenvalue weighted by molar-refractivity contribution is 5.78. The second-order valence-corrected chi connectivity index (χ2v) is 6.25. The molecule has 2 rings (SSSR count). The van der Waals surface area contributed by atoms with Gasteiger partial charge in [-0.1, -0.05) is 12.8 Å². The molecule has 0 saturated carbocycles. The van der Waals surface area contributed by atoms with Gasteiger partial charge in [-0.3, -0.25) is 9.69 Å². The van der Waals surface area contributed by atoms with E-state index in [1.165, 1.54) is 38.5 Å². The predicted molar refractivity (Wildman–Crippen MR) is 77.9 cm³/mol. The Kier molecular flexibility index (Phi) is 5.64. The smallest absolute Gasteiger partial charge is 0.236 e. The maximum atomic E-state index is 12.4. The predicted octanol–water partition coefficient (Wildman–Crippen LogP) is 1.45. The summed E-state index contributed by atoms with van der Waals surface area (Å²) in [5, 5.41) is 0. The summed E-state index contributed by atoms with van der Waals surface area (Å²) in [6, 6.07) is 0.527. The lowest BCUT2D eigenvalue weighted by Gasteiger charge is -2.38. The van der Waals surface area contributed by atoms with Crippen LogP contribution in [0.5, 0.6) is 0 Å². The van der Waals surface area contributed by atoms with Gasteiger partial charge in [0.1, 0.15) is 0 Å². The Labute approximate surface area is 117 Å². The minimum absolute atomic E-state index is 0.325. The van der Waals surface area contributed by atoms with Crippen LogP contribution in [0, 0.1) is 5.92 Å². The molecule has 0 radical (unpaired) electrons. The first-order valence-electron chi connectivity index (χ1n) is 7.92. The minimum atomic E-state index is 0.325. The van der Waals surface area contributed by atoms with Crippen molar-refractivity contribution in [3.05, 3.63) is 0 Å². The Balaban J connectivity index is 1.85. The van der Waals surface area contributed by atoms with Crippen LogP contribution < -0.4 is 5.73 Å². The van der Waals surface area contributed by atoms with Gasteiger partial charge in [-0.15, -0.1) is 0 Å². The standard InChI is InChI=1S/C15H29N3O/c1-13-6-7-14(10-16)11-18(13)12-15(19)17-8-4-2-3-5-9-17/h13-14H,2-12,16H2,1H3.